The molecule has 0 aromatic rings. The van der Waals surface area contributed by atoms with Crippen molar-refractivity contribution in [1.29, 1.82) is 0 Å². The molecule has 1 aliphatic heterocycles. The lowest BCUT2D eigenvalue weighted by atomic mass is 10.1. The maximum atomic E-state index is 5.51. The smallest absolute Gasteiger partial charge is 0.0705 e. The minimum Gasteiger partial charge on any atom is -0.376 e. The monoisotopic (exact) mass is 142 g/mol. The fraction of sp³-hybridized carbons (Fsp3) is 0.875. The molecule has 0 bridgehead atoms. The summed E-state index contributed by atoms with van der Waals surface area (Å²) < 4.78 is 5.51. The predicted molar refractivity (Wildman–Crippen MR) is 41.8 cm³/mol. The molecule has 1 atom stereocenters. The van der Waals surface area contributed by atoms with Crippen LogP contribution in [0, 0.1) is 5.92 Å². The predicted octanol–water partition coefficient (Wildman–Crippen LogP) is 0.979. The summed E-state index contributed by atoms with van der Waals surface area (Å²) in [4.78, 5) is 0. The van der Waals surface area contributed by atoms with Crippen LogP contribution in [-0.4, -0.2) is 25.8 Å². The van der Waals surface area contributed by atoms with Crippen molar-refractivity contribution < 1.29 is 4.74 Å². The normalized spacial score (nSPS) is 27.3. The summed E-state index contributed by atoms with van der Waals surface area (Å²) in [6.07, 6.45) is 1.53. The van der Waals surface area contributed by atoms with Gasteiger partial charge in [0.15, 0.2) is 0 Å². The highest BCUT2D eigenvalue weighted by molar-refractivity contribution is 4.83. The molecule has 0 spiro atoms. The standard InChI is InChI=1S/C8H16NO/c1-7(2)5-8-6-9-3-4-10-8/h8-9H,3-6H2,1-2H3. The van der Waals surface area contributed by atoms with Crippen molar-refractivity contribution in [2.24, 2.45) is 0 Å². The summed E-state index contributed by atoms with van der Waals surface area (Å²) in [6.45, 7) is 7.21. The molecule has 1 heterocycles. The summed E-state index contributed by atoms with van der Waals surface area (Å²) >= 11 is 0. The average Bonchev–Trinajstić information content (AvgIpc) is 1.88. The first-order chi connectivity index (χ1) is 4.79. The van der Waals surface area contributed by atoms with Gasteiger partial charge in [-0.2, -0.15) is 0 Å². The molecule has 1 rings (SSSR count). The van der Waals surface area contributed by atoms with Gasteiger partial charge < -0.3 is 10.1 Å². The summed E-state index contributed by atoms with van der Waals surface area (Å²) in [7, 11) is 0. The molecule has 1 fully saturated rings. The molecule has 1 N–H and O–H groups in total. The first kappa shape index (κ1) is 8.02. The van der Waals surface area contributed by atoms with Gasteiger partial charge in [-0.25, -0.2) is 0 Å². The molecular formula is C8H16NO. The number of hydrogen-bond donors (Lipinski definition) is 1. The minimum absolute atomic E-state index is 0.429. The molecule has 0 aliphatic carbocycles. The quantitative estimate of drug-likeness (QED) is 0.620. The summed E-state index contributed by atoms with van der Waals surface area (Å²) in [6, 6.07) is 0. The molecule has 59 valence electrons. The minimum atomic E-state index is 0.429. The van der Waals surface area contributed by atoms with Crippen LogP contribution in [0.5, 0.6) is 0 Å². The van der Waals surface area contributed by atoms with Crippen molar-refractivity contribution in [1.82, 2.24) is 5.32 Å². The zero-order valence-electron chi connectivity index (χ0n) is 6.81. The van der Waals surface area contributed by atoms with Crippen LogP contribution in [0.1, 0.15) is 20.3 Å². The largest absolute Gasteiger partial charge is 0.376 e. The van der Waals surface area contributed by atoms with Crippen LogP contribution in [-0.2, 0) is 4.74 Å². The Bertz CT molecular complexity index is 87.3. The van der Waals surface area contributed by atoms with Gasteiger partial charge in [0.05, 0.1) is 12.7 Å². The Balaban J connectivity index is 2.13. The van der Waals surface area contributed by atoms with Gasteiger partial charge in [0.2, 0.25) is 0 Å². The van der Waals surface area contributed by atoms with Crippen molar-refractivity contribution in [3.63, 3.8) is 0 Å². The van der Waals surface area contributed by atoms with E-state index in [2.05, 4.69) is 19.2 Å². The van der Waals surface area contributed by atoms with Gasteiger partial charge in [-0.3, -0.25) is 0 Å². The van der Waals surface area contributed by atoms with Gasteiger partial charge >= 0.3 is 0 Å². The maximum Gasteiger partial charge on any atom is 0.0705 e. The topological polar surface area (TPSA) is 21.3 Å². The first-order valence-corrected chi connectivity index (χ1v) is 3.90. The number of hydrogen-bond acceptors (Lipinski definition) is 2. The number of morpholine rings is 1. The van der Waals surface area contributed by atoms with Gasteiger partial charge in [-0.15, -0.1) is 0 Å². The van der Waals surface area contributed by atoms with Crippen LogP contribution in [0.15, 0.2) is 0 Å². The van der Waals surface area contributed by atoms with E-state index in [1.165, 1.54) is 5.92 Å². The van der Waals surface area contributed by atoms with Crippen molar-refractivity contribution in [2.45, 2.75) is 26.4 Å². The Morgan fingerprint density at radius 3 is 2.90 bits per heavy atom. The second kappa shape index (κ2) is 3.94. The third kappa shape index (κ3) is 2.67. The average molecular weight is 142 g/mol. The van der Waals surface area contributed by atoms with Crippen molar-refractivity contribution in [3.8, 4) is 0 Å². The SMILES string of the molecule is C[C](C)CC1CNCCO1. The van der Waals surface area contributed by atoms with Gasteiger partial charge in [0, 0.05) is 13.1 Å². The number of rotatable bonds is 2. The van der Waals surface area contributed by atoms with E-state index in [1.807, 2.05) is 0 Å². The van der Waals surface area contributed by atoms with E-state index in [1.54, 1.807) is 0 Å². The van der Waals surface area contributed by atoms with Gasteiger partial charge in [-0.05, 0) is 12.3 Å². The molecule has 2 heteroatoms. The molecule has 10 heavy (non-hydrogen) atoms. The zero-order chi connectivity index (χ0) is 7.40. The zero-order valence-corrected chi connectivity index (χ0v) is 6.81. The van der Waals surface area contributed by atoms with E-state index in [9.17, 15) is 0 Å². The molecule has 2 nitrogen and oxygen atoms in total. The third-order valence-electron chi connectivity index (χ3n) is 1.64. The third-order valence-corrected chi connectivity index (χ3v) is 1.64. The van der Waals surface area contributed by atoms with E-state index in [-0.39, 0.29) is 0 Å². The lowest BCUT2D eigenvalue weighted by Gasteiger charge is -2.24. The van der Waals surface area contributed by atoms with Crippen LogP contribution in [0.25, 0.3) is 0 Å². The molecule has 0 aromatic heterocycles. The molecule has 1 saturated heterocycles. The fourth-order valence-electron chi connectivity index (χ4n) is 1.21. The van der Waals surface area contributed by atoms with Gasteiger partial charge in [0.1, 0.15) is 0 Å². The fourth-order valence-corrected chi connectivity index (χ4v) is 1.21. The second-order valence-corrected chi connectivity index (χ2v) is 3.11. The van der Waals surface area contributed by atoms with E-state index >= 15 is 0 Å². The molecular weight excluding hydrogens is 126 g/mol. The molecule has 1 aliphatic rings. The van der Waals surface area contributed by atoms with Crippen molar-refractivity contribution >= 4 is 0 Å². The van der Waals surface area contributed by atoms with Crippen molar-refractivity contribution in [3.05, 3.63) is 5.92 Å². The molecule has 1 unspecified atom stereocenters. The van der Waals surface area contributed by atoms with Crippen LogP contribution in [0.4, 0.5) is 0 Å². The van der Waals surface area contributed by atoms with Crippen molar-refractivity contribution in [2.75, 3.05) is 19.7 Å². The lowest BCUT2D eigenvalue weighted by Crippen LogP contribution is -2.38. The lowest BCUT2D eigenvalue weighted by molar-refractivity contribution is 0.0262. The highest BCUT2D eigenvalue weighted by atomic mass is 16.5. The van der Waals surface area contributed by atoms with Crippen LogP contribution >= 0.6 is 0 Å². The molecule has 0 aromatic carbocycles. The Kier molecular flexibility index (Phi) is 3.16. The Labute approximate surface area is 63.0 Å². The summed E-state index contributed by atoms with van der Waals surface area (Å²) in [5.74, 6) is 1.45. The number of nitrogens with one attached hydrogen (secondary N) is 1. The van der Waals surface area contributed by atoms with Gasteiger partial charge in [0.25, 0.3) is 0 Å². The van der Waals surface area contributed by atoms with E-state index in [0.717, 1.165) is 26.1 Å². The van der Waals surface area contributed by atoms with Crippen LogP contribution in [0.2, 0.25) is 0 Å². The highest BCUT2D eigenvalue weighted by Gasteiger charge is 2.13. The van der Waals surface area contributed by atoms with E-state index < -0.39 is 0 Å². The highest BCUT2D eigenvalue weighted by Crippen LogP contribution is 2.10. The molecule has 1 radical (unpaired) electrons. The maximum absolute atomic E-state index is 5.51. The van der Waals surface area contributed by atoms with Gasteiger partial charge in [-0.1, -0.05) is 13.8 Å². The second-order valence-electron chi connectivity index (χ2n) is 3.11. The summed E-state index contributed by atoms with van der Waals surface area (Å²) in [5.41, 5.74) is 0. The Morgan fingerprint density at radius 2 is 2.40 bits per heavy atom. The van der Waals surface area contributed by atoms with Crippen LogP contribution in [0.3, 0.4) is 0 Å². The number of ether oxygens (including phenoxy) is 1. The van der Waals surface area contributed by atoms with Crippen LogP contribution < -0.4 is 5.32 Å². The molecule has 0 amide bonds. The first-order valence-electron chi connectivity index (χ1n) is 3.90. The van der Waals surface area contributed by atoms with E-state index in [0.29, 0.717) is 6.10 Å². The Morgan fingerprint density at radius 1 is 1.60 bits per heavy atom. The molecule has 0 saturated carbocycles. The Hall–Kier alpha value is -0.0800. The summed E-state index contributed by atoms with van der Waals surface area (Å²) in [5, 5.41) is 3.30. The van der Waals surface area contributed by atoms with E-state index in [4.69, 9.17) is 4.74 Å².